The van der Waals surface area contributed by atoms with Crippen LogP contribution in [0.3, 0.4) is 0 Å². The molecule has 1 saturated carbocycles. The number of halogens is 1. The fraction of sp³-hybridized carbons (Fsp3) is 0.667. The molecule has 2 aliphatic rings. The maximum atomic E-state index is 5.95. The summed E-state index contributed by atoms with van der Waals surface area (Å²) < 4.78 is 0. The molecule has 2 fully saturated rings. The molecule has 2 heterocycles. The second-order valence-electron chi connectivity index (χ2n) is 5.75. The molecule has 0 amide bonds. The summed E-state index contributed by atoms with van der Waals surface area (Å²) in [6.45, 7) is 1.18. The van der Waals surface area contributed by atoms with Gasteiger partial charge in [0.2, 0.25) is 0 Å². The van der Waals surface area contributed by atoms with Crippen LogP contribution >= 0.6 is 11.6 Å². The van der Waals surface area contributed by atoms with E-state index in [0.717, 1.165) is 11.7 Å². The van der Waals surface area contributed by atoms with E-state index in [1.807, 2.05) is 18.2 Å². The molecule has 1 aliphatic heterocycles. The van der Waals surface area contributed by atoms with Crippen molar-refractivity contribution < 1.29 is 0 Å². The molecule has 2 N–H and O–H groups in total. The van der Waals surface area contributed by atoms with Crippen LogP contribution in [0.5, 0.6) is 0 Å². The topological polar surface area (TPSA) is 37.0 Å². The first-order chi connectivity index (χ1) is 9.33. The number of nitrogens with zero attached hydrogens (tertiary/aromatic N) is 1. The zero-order valence-corrected chi connectivity index (χ0v) is 12.0. The van der Waals surface area contributed by atoms with Crippen LogP contribution in [0, 0.1) is 5.92 Å². The van der Waals surface area contributed by atoms with Crippen LogP contribution in [0.25, 0.3) is 0 Å². The van der Waals surface area contributed by atoms with Gasteiger partial charge in [-0.1, -0.05) is 30.5 Å². The molecular formula is C15H22ClN3. The van der Waals surface area contributed by atoms with Crippen molar-refractivity contribution in [3.8, 4) is 0 Å². The lowest BCUT2D eigenvalue weighted by atomic mass is 9.88. The first-order valence-corrected chi connectivity index (χ1v) is 7.83. The van der Waals surface area contributed by atoms with Crippen LogP contribution < -0.4 is 10.6 Å². The number of nitrogens with one attached hydrogen (secondary N) is 2. The van der Waals surface area contributed by atoms with E-state index < -0.39 is 0 Å². The zero-order chi connectivity index (χ0) is 13.1. The predicted molar refractivity (Wildman–Crippen MR) is 79.6 cm³/mol. The van der Waals surface area contributed by atoms with E-state index >= 15 is 0 Å². The normalized spacial score (nSPS) is 31.3. The van der Waals surface area contributed by atoms with Gasteiger partial charge in [-0.25, -0.2) is 4.98 Å². The fourth-order valence-electron chi connectivity index (χ4n) is 3.57. The van der Waals surface area contributed by atoms with Gasteiger partial charge in [0.15, 0.2) is 0 Å². The molecule has 104 valence electrons. The summed E-state index contributed by atoms with van der Waals surface area (Å²) in [5, 5.41) is 7.86. The lowest BCUT2D eigenvalue weighted by Crippen LogP contribution is -2.44. The molecular weight excluding hydrogens is 258 g/mol. The summed E-state index contributed by atoms with van der Waals surface area (Å²) in [6, 6.07) is 7.02. The Morgan fingerprint density at radius 2 is 2.11 bits per heavy atom. The lowest BCUT2D eigenvalue weighted by Gasteiger charge is -2.33. The van der Waals surface area contributed by atoms with Crippen molar-refractivity contribution in [3.63, 3.8) is 0 Å². The Bertz CT molecular complexity index is 418. The van der Waals surface area contributed by atoms with E-state index in [1.165, 1.54) is 45.1 Å². The molecule has 0 radical (unpaired) electrons. The predicted octanol–water partition coefficient (Wildman–Crippen LogP) is 3.46. The number of hydrogen-bond donors (Lipinski definition) is 2. The highest BCUT2D eigenvalue weighted by Gasteiger charge is 2.34. The highest BCUT2D eigenvalue weighted by molar-refractivity contribution is 6.29. The van der Waals surface area contributed by atoms with Crippen molar-refractivity contribution in [1.29, 1.82) is 0 Å². The van der Waals surface area contributed by atoms with Gasteiger partial charge in [-0.3, -0.25) is 0 Å². The lowest BCUT2D eigenvalue weighted by molar-refractivity contribution is 0.286. The number of pyridine rings is 1. The van der Waals surface area contributed by atoms with Gasteiger partial charge in [0.05, 0.1) is 0 Å². The molecule has 4 heteroatoms. The summed E-state index contributed by atoms with van der Waals surface area (Å²) in [7, 11) is 0. The molecule has 0 spiro atoms. The number of aromatic nitrogens is 1. The van der Waals surface area contributed by atoms with E-state index in [0.29, 0.717) is 17.2 Å². The van der Waals surface area contributed by atoms with E-state index in [4.69, 9.17) is 11.6 Å². The molecule has 3 atom stereocenters. The Kier molecular flexibility index (Phi) is 4.24. The van der Waals surface area contributed by atoms with Gasteiger partial charge in [-0.15, -0.1) is 0 Å². The van der Waals surface area contributed by atoms with E-state index in [2.05, 4.69) is 15.6 Å². The quantitative estimate of drug-likeness (QED) is 0.832. The van der Waals surface area contributed by atoms with Crippen molar-refractivity contribution in [2.75, 3.05) is 11.9 Å². The second-order valence-corrected chi connectivity index (χ2v) is 6.13. The molecule has 1 aromatic heterocycles. The maximum absolute atomic E-state index is 5.95. The average molecular weight is 280 g/mol. The molecule has 3 nitrogen and oxygen atoms in total. The Hall–Kier alpha value is -0.800. The summed E-state index contributed by atoms with van der Waals surface area (Å²) in [5.41, 5.74) is 0. The smallest absolute Gasteiger partial charge is 0.131 e. The number of hydrogen-bond acceptors (Lipinski definition) is 3. The Morgan fingerprint density at radius 1 is 1.16 bits per heavy atom. The van der Waals surface area contributed by atoms with Gasteiger partial charge < -0.3 is 10.6 Å². The molecule has 0 bridgehead atoms. The molecule has 1 aromatic rings. The minimum absolute atomic E-state index is 0.543. The van der Waals surface area contributed by atoms with Gasteiger partial charge >= 0.3 is 0 Å². The standard InChI is InChI=1S/C15H22ClN3/c16-14-8-4-9-15(19-14)18-13-7-3-5-11(13)12-6-1-2-10-17-12/h4,8-9,11-13,17H,1-3,5-7,10H2,(H,18,19). The van der Waals surface area contributed by atoms with Crippen LogP contribution in [0.2, 0.25) is 5.15 Å². The maximum Gasteiger partial charge on any atom is 0.131 e. The Labute approximate surface area is 120 Å². The van der Waals surface area contributed by atoms with Crippen LogP contribution in [0.15, 0.2) is 18.2 Å². The fourth-order valence-corrected chi connectivity index (χ4v) is 3.74. The van der Waals surface area contributed by atoms with Crippen LogP contribution in [-0.2, 0) is 0 Å². The summed E-state index contributed by atoms with van der Waals surface area (Å²) in [4.78, 5) is 4.35. The third-order valence-corrected chi connectivity index (χ3v) is 4.69. The van der Waals surface area contributed by atoms with E-state index in [9.17, 15) is 0 Å². The van der Waals surface area contributed by atoms with Crippen molar-refractivity contribution >= 4 is 17.4 Å². The van der Waals surface area contributed by atoms with Crippen molar-refractivity contribution in [3.05, 3.63) is 23.4 Å². The minimum atomic E-state index is 0.543. The average Bonchev–Trinajstić information content (AvgIpc) is 2.88. The molecule has 19 heavy (non-hydrogen) atoms. The van der Waals surface area contributed by atoms with Crippen molar-refractivity contribution in [2.24, 2.45) is 5.92 Å². The van der Waals surface area contributed by atoms with Gasteiger partial charge in [-0.05, 0) is 50.3 Å². The van der Waals surface area contributed by atoms with Gasteiger partial charge in [0.25, 0.3) is 0 Å². The SMILES string of the molecule is Clc1cccc(NC2CCCC2C2CCCCN2)n1. The molecule has 1 saturated heterocycles. The zero-order valence-electron chi connectivity index (χ0n) is 11.2. The van der Waals surface area contributed by atoms with Crippen LogP contribution in [0.1, 0.15) is 38.5 Å². The largest absolute Gasteiger partial charge is 0.367 e. The van der Waals surface area contributed by atoms with Crippen molar-refractivity contribution in [1.82, 2.24) is 10.3 Å². The van der Waals surface area contributed by atoms with E-state index in [1.54, 1.807) is 0 Å². The number of rotatable bonds is 3. The highest BCUT2D eigenvalue weighted by atomic mass is 35.5. The summed E-state index contributed by atoms with van der Waals surface area (Å²) in [6.07, 6.45) is 7.92. The van der Waals surface area contributed by atoms with Crippen LogP contribution in [0.4, 0.5) is 5.82 Å². The second kappa shape index (κ2) is 6.10. The molecule has 3 unspecified atom stereocenters. The Morgan fingerprint density at radius 3 is 2.89 bits per heavy atom. The van der Waals surface area contributed by atoms with Gasteiger partial charge in [-0.2, -0.15) is 0 Å². The van der Waals surface area contributed by atoms with Gasteiger partial charge in [0.1, 0.15) is 11.0 Å². The summed E-state index contributed by atoms with van der Waals surface area (Å²) >= 11 is 5.95. The Balaban J connectivity index is 1.65. The minimum Gasteiger partial charge on any atom is -0.367 e. The van der Waals surface area contributed by atoms with E-state index in [-0.39, 0.29) is 0 Å². The highest BCUT2D eigenvalue weighted by Crippen LogP contribution is 2.33. The first kappa shape index (κ1) is 13.2. The monoisotopic (exact) mass is 279 g/mol. The molecule has 3 rings (SSSR count). The molecule has 0 aromatic carbocycles. The number of piperidine rings is 1. The molecule has 1 aliphatic carbocycles. The first-order valence-electron chi connectivity index (χ1n) is 7.45. The third-order valence-electron chi connectivity index (χ3n) is 4.48. The van der Waals surface area contributed by atoms with Crippen molar-refractivity contribution in [2.45, 2.75) is 50.6 Å². The summed E-state index contributed by atoms with van der Waals surface area (Å²) in [5.74, 6) is 1.65. The third kappa shape index (κ3) is 3.21. The van der Waals surface area contributed by atoms with Crippen LogP contribution in [-0.4, -0.2) is 23.6 Å². The number of anilines is 1. The van der Waals surface area contributed by atoms with Gasteiger partial charge in [0, 0.05) is 12.1 Å².